The van der Waals surface area contributed by atoms with E-state index in [1.54, 1.807) is 13.0 Å². The quantitative estimate of drug-likeness (QED) is 0.693. The molecule has 0 bridgehead atoms. The Kier molecular flexibility index (Phi) is 4.83. The third kappa shape index (κ3) is 3.74. The molecule has 6 heteroatoms. The smallest absolute Gasteiger partial charge is 0.366 e. The Bertz CT molecular complexity index is 986. The van der Waals surface area contributed by atoms with Gasteiger partial charge in [0.2, 0.25) is 0 Å². The summed E-state index contributed by atoms with van der Waals surface area (Å²) in [5.41, 5.74) is 9.19. The van der Waals surface area contributed by atoms with Gasteiger partial charge in [0.15, 0.2) is 0 Å². The molecule has 0 aliphatic heterocycles. The molecule has 3 nitrogen and oxygen atoms in total. The Morgan fingerprint density at radius 1 is 1.04 bits per heavy atom. The normalized spacial score (nSPS) is 11.6. The fraction of sp³-hybridized carbons (Fsp3) is 0.190. The fourth-order valence-electron chi connectivity index (χ4n) is 3.13. The van der Waals surface area contributed by atoms with E-state index >= 15 is 0 Å². The van der Waals surface area contributed by atoms with Crippen LogP contribution in [0.15, 0.2) is 54.6 Å². The lowest BCUT2D eigenvalue weighted by Crippen LogP contribution is -2.13. The number of halogens is 3. The SMILES string of the molecule is Cc1ccccc1Cn1c(-c2ccc(C(F)(F)F)cc2)cc(C(N)=O)c1C. The van der Waals surface area contributed by atoms with Crippen molar-refractivity contribution in [2.75, 3.05) is 0 Å². The number of hydrogen-bond acceptors (Lipinski definition) is 1. The van der Waals surface area contributed by atoms with Crippen LogP contribution in [0.2, 0.25) is 0 Å². The molecule has 0 spiro atoms. The molecule has 140 valence electrons. The van der Waals surface area contributed by atoms with Crippen LogP contribution in [0, 0.1) is 13.8 Å². The van der Waals surface area contributed by atoms with Gasteiger partial charge in [-0.2, -0.15) is 13.2 Å². The van der Waals surface area contributed by atoms with E-state index in [0.29, 0.717) is 29.1 Å². The molecule has 0 aliphatic rings. The average Bonchev–Trinajstić information content (AvgIpc) is 2.93. The highest BCUT2D eigenvalue weighted by molar-refractivity contribution is 5.95. The standard InChI is InChI=1S/C21H19F3N2O/c1-13-5-3-4-6-16(13)12-26-14(2)18(20(25)27)11-19(26)15-7-9-17(10-8-15)21(22,23)24/h3-11H,12H2,1-2H3,(H2,25,27). The van der Waals surface area contributed by atoms with Gasteiger partial charge in [-0.05, 0) is 48.7 Å². The Balaban J connectivity index is 2.10. The van der Waals surface area contributed by atoms with Crippen LogP contribution in [0.25, 0.3) is 11.3 Å². The Labute approximate surface area is 155 Å². The molecular weight excluding hydrogens is 353 g/mol. The first-order chi connectivity index (χ1) is 12.7. The maximum atomic E-state index is 12.8. The third-order valence-corrected chi connectivity index (χ3v) is 4.73. The van der Waals surface area contributed by atoms with Crippen LogP contribution in [0.4, 0.5) is 13.2 Å². The Hall–Kier alpha value is -3.02. The van der Waals surface area contributed by atoms with Gasteiger partial charge in [-0.1, -0.05) is 36.4 Å². The monoisotopic (exact) mass is 372 g/mol. The molecule has 3 aromatic rings. The molecule has 0 saturated carbocycles. The van der Waals surface area contributed by atoms with Gasteiger partial charge in [0.25, 0.3) is 5.91 Å². The minimum absolute atomic E-state index is 0.360. The average molecular weight is 372 g/mol. The van der Waals surface area contributed by atoms with Gasteiger partial charge < -0.3 is 10.3 Å². The number of nitrogens with two attached hydrogens (primary N) is 1. The van der Waals surface area contributed by atoms with Crippen LogP contribution in [0.1, 0.15) is 32.7 Å². The zero-order chi connectivity index (χ0) is 19.8. The van der Waals surface area contributed by atoms with Crippen molar-refractivity contribution in [2.24, 2.45) is 5.73 Å². The molecular formula is C21H19F3N2O. The molecule has 0 aliphatic carbocycles. The number of carbonyl (C=O) groups is 1. The van der Waals surface area contributed by atoms with Crippen molar-refractivity contribution in [3.05, 3.63) is 82.5 Å². The van der Waals surface area contributed by atoms with Crippen LogP contribution < -0.4 is 5.73 Å². The molecule has 2 N–H and O–H groups in total. The van der Waals surface area contributed by atoms with Gasteiger partial charge in [0, 0.05) is 17.9 Å². The topological polar surface area (TPSA) is 48.0 Å². The summed E-state index contributed by atoms with van der Waals surface area (Å²) in [6.45, 7) is 4.26. The highest BCUT2D eigenvalue weighted by Gasteiger charge is 2.30. The molecule has 1 aromatic heterocycles. The summed E-state index contributed by atoms with van der Waals surface area (Å²) in [5.74, 6) is -0.566. The van der Waals surface area contributed by atoms with Crippen molar-refractivity contribution >= 4 is 5.91 Å². The molecule has 1 heterocycles. The number of carbonyl (C=O) groups excluding carboxylic acids is 1. The van der Waals surface area contributed by atoms with Gasteiger partial charge in [0.1, 0.15) is 0 Å². The lowest BCUT2D eigenvalue weighted by Gasteiger charge is -2.14. The number of rotatable bonds is 4. The van der Waals surface area contributed by atoms with Crippen molar-refractivity contribution in [3.63, 3.8) is 0 Å². The molecule has 1 amide bonds. The second kappa shape index (κ2) is 6.95. The van der Waals surface area contributed by atoms with Gasteiger partial charge in [-0.15, -0.1) is 0 Å². The molecule has 0 atom stereocenters. The fourth-order valence-corrected chi connectivity index (χ4v) is 3.13. The van der Waals surface area contributed by atoms with E-state index in [-0.39, 0.29) is 0 Å². The lowest BCUT2D eigenvalue weighted by molar-refractivity contribution is -0.137. The number of aryl methyl sites for hydroxylation is 1. The van der Waals surface area contributed by atoms with E-state index in [1.165, 1.54) is 12.1 Å². The first-order valence-corrected chi connectivity index (χ1v) is 8.40. The summed E-state index contributed by atoms with van der Waals surface area (Å²) in [6.07, 6.45) is -4.39. The van der Waals surface area contributed by atoms with Crippen LogP contribution in [-0.2, 0) is 12.7 Å². The summed E-state index contributed by atoms with van der Waals surface area (Å²) in [5, 5.41) is 0. The summed E-state index contributed by atoms with van der Waals surface area (Å²) in [7, 11) is 0. The predicted octanol–water partition coefficient (Wildman–Crippen LogP) is 4.94. The number of alkyl halides is 3. The zero-order valence-electron chi connectivity index (χ0n) is 15.0. The predicted molar refractivity (Wildman–Crippen MR) is 98.4 cm³/mol. The van der Waals surface area contributed by atoms with Crippen LogP contribution in [0.3, 0.4) is 0 Å². The molecule has 2 aromatic carbocycles. The number of hydrogen-bond donors (Lipinski definition) is 1. The van der Waals surface area contributed by atoms with Gasteiger partial charge in [-0.25, -0.2) is 0 Å². The Morgan fingerprint density at radius 3 is 2.22 bits per heavy atom. The maximum absolute atomic E-state index is 12.8. The third-order valence-electron chi connectivity index (χ3n) is 4.73. The van der Waals surface area contributed by atoms with E-state index in [9.17, 15) is 18.0 Å². The first kappa shape index (κ1) is 18.8. The Morgan fingerprint density at radius 2 is 1.67 bits per heavy atom. The second-order valence-corrected chi connectivity index (χ2v) is 6.48. The number of amides is 1. The first-order valence-electron chi connectivity index (χ1n) is 8.40. The molecule has 3 rings (SSSR count). The van der Waals surface area contributed by atoms with Crippen LogP contribution >= 0.6 is 0 Å². The summed E-state index contributed by atoms with van der Waals surface area (Å²) < 4.78 is 40.4. The highest BCUT2D eigenvalue weighted by Crippen LogP contribution is 2.32. The second-order valence-electron chi connectivity index (χ2n) is 6.48. The van der Waals surface area contributed by atoms with E-state index in [0.717, 1.165) is 23.3 Å². The lowest BCUT2D eigenvalue weighted by atomic mass is 10.1. The van der Waals surface area contributed by atoms with Crippen molar-refractivity contribution in [2.45, 2.75) is 26.6 Å². The van der Waals surface area contributed by atoms with E-state index in [2.05, 4.69) is 0 Å². The summed E-state index contributed by atoms with van der Waals surface area (Å²) >= 11 is 0. The van der Waals surface area contributed by atoms with Gasteiger partial charge in [0.05, 0.1) is 11.1 Å². The molecule has 0 saturated heterocycles. The van der Waals surface area contributed by atoms with Crippen LogP contribution in [0.5, 0.6) is 0 Å². The largest absolute Gasteiger partial charge is 0.416 e. The zero-order valence-corrected chi connectivity index (χ0v) is 15.0. The molecule has 0 unspecified atom stereocenters. The van der Waals surface area contributed by atoms with Gasteiger partial charge >= 0.3 is 6.18 Å². The molecule has 0 radical (unpaired) electrons. The number of nitrogens with zero attached hydrogens (tertiary/aromatic N) is 1. The molecule has 27 heavy (non-hydrogen) atoms. The molecule has 0 fully saturated rings. The van der Waals surface area contributed by atoms with Crippen LogP contribution in [-0.4, -0.2) is 10.5 Å². The van der Waals surface area contributed by atoms with Crippen molar-refractivity contribution in [3.8, 4) is 11.3 Å². The summed E-state index contributed by atoms with van der Waals surface area (Å²) in [6, 6.07) is 14.4. The minimum Gasteiger partial charge on any atom is -0.366 e. The maximum Gasteiger partial charge on any atom is 0.416 e. The summed E-state index contributed by atoms with van der Waals surface area (Å²) in [4.78, 5) is 11.8. The highest BCUT2D eigenvalue weighted by atomic mass is 19.4. The minimum atomic E-state index is -4.39. The number of benzene rings is 2. The van der Waals surface area contributed by atoms with Crippen molar-refractivity contribution in [1.82, 2.24) is 4.57 Å². The number of primary amides is 1. The van der Waals surface area contributed by atoms with Gasteiger partial charge in [-0.3, -0.25) is 4.79 Å². The van der Waals surface area contributed by atoms with E-state index in [4.69, 9.17) is 5.73 Å². The van der Waals surface area contributed by atoms with E-state index in [1.807, 2.05) is 35.8 Å². The van der Waals surface area contributed by atoms with Crippen molar-refractivity contribution in [1.29, 1.82) is 0 Å². The number of aromatic nitrogens is 1. The van der Waals surface area contributed by atoms with E-state index < -0.39 is 17.6 Å². The van der Waals surface area contributed by atoms with Crippen molar-refractivity contribution < 1.29 is 18.0 Å².